The number of carbonyl (C=O) groups is 1. The molecule has 1 aromatic heterocycles. The lowest BCUT2D eigenvalue weighted by Crippen LogP contribution is -2.12. The van der Waals surface area contributed by atoms with Crippen molar-refractivity contribution in [2.75, 3.05) is 25.1 Å². The van der Waals surface area contributed by atoms with Crippen molar-refractivity contribution >= 4 is 11.8 Å². The molecule has 0 amide bonds. The number of hydrogen-bond acceptors (Lipinski definition) is 5. The fourth-order valence-corrected chi connectivity index (χ4v) is 1.55. The molecule has 0 saturated heterocycles. The molecule has 1 saturated carbocycles. The van der Waals surface area contributed by atoms with Crippen molar-refractivity contribution in [2.45, 2.75) is 19.3 Å². The molecule has 0 atom stereocenters. The van der Waals surface area contributed by atoms with E-state index in [0.29, 0.717) is 19.0 Å². The Hall–Kier alpha value is -1.69. The van der Waals surface area contributed by atoms with E-state index in [1.54, 1.807) is 0 Å². The molecule has 2 N–H and O–H groups in total. The van der Waals surface area contributed by atoms with Gasteiger partial charge in [-0.25, -0.2) is 4.79 Å². The molecule has 1 fully saturated rings. The lowest BCUT2D eigenvalue weighted by atomic mass is 10.3. The Balaban J connectivity index is 1.67. The molecule has 1 aliphatic rings. The average molecular weight is 251 g/mol. The van der Waals surface area contributed by atoms with Crippen LogP contribution < -0.4 is 5.32 Å². The maximum absolute atomic E-state index is 10.9. The smallest absolute Gasteiger partial charge is 0.339 e. The van der Waals surface area contributed by atoms with Crippen molar-refractivity contribution in [3.63, 3.8) is 0 Å². The number of ether oxygens (including phenoxy) is 1. The number of anilines is 1. The summed E-state index contributed by atoms with van der Waals surface area (Å²) in [6, 6.07) is 1.43. The zero-order chi connectivity index (χ0) is 12.8. The Labute approximate surface area is 105 Å². The molecule has 0 spiro atoms. The number of nitrogens with zero attached hydrogens (tertiary/aromatic N) is 2. The Morgan fingerprint density at radius 3 is 3.11 bits per heavy atom. The van der Waals surface area contributed by atoms with Gasteiger partial charge < -0.3 is 15.2 Å². The maximum Gasteiger partial charge on any atom is 0.339 e. The summed E-state index contributed by atoms with van der Waals surface area (Å²) in [6.07, 6.45) is 4.77. The van der Waals surface area contributed by atoms with E-state index in [1.807, 2.05) is 0 Å². The van der Waals surface area contributed by atoms with Gasteiger partial charge in [-0.1, -0.05) is 0 Å². The van der Waals surface area contributed by atoms with E-state index in [9.17, 15) is 4.79 Å². The minimum atomic E-state index is -1.00. The first-order valence-electron chi connectivity index (χ1n) is 6.14. The molecule has 0 bridgehead atoms. The van der Waals surface area contributed by atoms with Gasteiger partial charge in [0.2, 0.25) is 0 Å². The molecule has 1 aromatic rings. The van der Waals surface area contributed by atoms with Crippen LogP contribution in [0.3, 0.4) is 0 Å². The Kier molecular flexibility index (Phi) is 4.46. The van der Waals surface area contributed by atoms with Gasteiger partial charge in [-0.15, -0.1) is 5.10 Å². The number of aromatic nitrogens is 2. The van der Waals surface area contributed by atoms with Gasteiger partial charge in [-0.3, -0.25) is 0 Å². The Morgan fingerprint density at radius 1 is 1.56 bits per heavy atom. The third kappa shape index (κ3) is 3.96. The summed E-state index contributed by atoms with van der Waals surface area (Å²) in [4.78, 5) is 10.9. The van der Waals surface area contributed by atoms with Crippen molar-refractivity contribution in [1.82, 2.24) is 10.2 Å². The molecule has 0 unspecified atom stereocenters. The van der Waals surface area contributed by atoms with Gasteiger partial charge in [0.25, 0.3) is 0 Å². The fourth-order valence-electron chi connectivity index (χ4n) is 1.55. The minimum Gasteiger partial charge on any atom is -0.478 e. The van der Waals surface area contributed by atoms with Crippen LogP contribution in [0, 0.1) is 5.92 Å². The molecule has 0 aliphatic heterocycles. The standard InChI is InChI=1S/C12H17N3O3/c16-12(17)10-4-6-14-15-11(10)13-5-1-7-18-8-9-2-3-9/h4,6,9H,1-3,5,7-8H2,(H,13,15)(H,16,17). The predicted molar refractivity (Wildman–Crippen MR) is 65.6 cm³/mol. The summed E-state index contributed by atoms with van der Waals surface area (Å²) in [5.41, 5.74) is 0.142. The van der Waals surface area contributed by atoms with E-state index in [-0.39, 0.29) is 5.56 Å². The zero-order valence-electron chi connectivity index (χ0n) is 10.1. The van der Waals surface area contributed by atoms with Crippen LogP contribution in [0.2, 0.25) is 0 Å². The van der Waals surface area contributed by atoms with Crippen LogP contribution in [-0.4, -0.2) is 41.0 Å². The van der Waals surface area contributed by atoms with Crippen molar-refractivity contribution in [3.8, 4) is 0 Å². The highest BCUT2D eigenvalue weighted by molar-refractivity contribution is 5.92. The third-order valence-electron chi connectivity index (χ3n) is 2.76. The van der Waals surface area contributed by atoms with Gasteiger partial charge >= 0.3 is 5.97 Å². The monoisotopic (exact) mass is 251 g/mol. The third-order valence-corrected chi connectivity index (χ3v) is 2.76. The van der Waals surface area contributed by atoms with Crippen LogP contribution in [0.4, 0.5) is 5.82 Å². The lowest BCUT2D eigenvalue weighted by Gasteiger charge is -2.07. The molecular formula is C12H17N3O3. The highest BCUT2D eigenvalue weighted by Crippen LogP contribution is 2.28. The first kappa shape index (κ1) is 12.8. The van der Waals surface area contributed by atoms with Gasteiger partial charge in [0, 0.05) is 19.8 Å². The van der Waals surface area contributed by atoms with Gasteiger partial charge in [0.15, 0.2) is 5.82 Å². The van der Waals surface area contributed by atoms with E-state index in [0.717, 1.165) is 18.9 Å². The molecule has 6 heteroatoms. The van der Waals surface area contributed by atoms with Crippen LogP contribution in [-0.2, 0) is 4.74 Å². The second-order valence-electron chi connectivity index (χ2n) is 4.40. The molecule has 0 aromatic carbocycles. The van der Waals surface area contributed by atoms with Crippen LogP contribution in [0.1, 0.15) is 29.6 Å². The number of rotatable bonds is 8. The molecule has 98 valence electrons. The Bertz CT molecular complexity index is 407. The molecule has 0 radical (unpaired) electrons. The number of nitrogens with one attached hydrogen (secondary N) is 1. The van der Waals surface area contributed by atoms with Crippen molar-refractivity contribution in [2.24, 2.45) is 5.92 Å². The summed E-state index contributed by atoms with van der Waals surface area (Å²) >= 11 is 0. The van der Waals surface area contributed by atoms with Crippen molar-refractivity contribution in [1.29, 1.82) is 0 Å². The van der Waals surface area contributed by atoms with Gasteiger partial charge in [-0.2, -0.15) is 5.10 Å². The maximum atomic E-state index is 10.9. The number of carboxylic acid groups (broad SMARTS) is 1. The van der Waals surface area contributed by atoms with Crippen LogP contribution in [0.25, 0.3) is 0 Å². The highest BCUT2D eigenvalue weighted by Gasteiger charge is 2.20. The average Bonchev–Trinajstić information content (AvgIpc) is 3.18. The second kappa shape index (κ2) is 6.30. The summed E-state index contributed by atoms with van der Waals surface area (Å²) in [5, 5.41) is 19.3. The lowest BCUT2D eigenvalue weighted by molar-refractivity contribution is 0.0697. The molecule has 18 heavy (non-hydrogen) atoms. The first-order chi connectivity index (χ1) is 8.77. The summed E-state index contributed by atoms with van der Waals surface area (Å²) in [7, 11) is 0. The van der Waals surface area contributed by atoms with E-state index < -0.39 is 5.97 Å². The molecule has 6 nitrogen and oxygen atoms in total. The number of carboxylic acids is 1. The van der Waals surface area contributed by atoms with E-state index in [2.05, 4.69) is 15.5 Å². The minimum absolute atomic E-state index is 0.142. The Morgan fingerprint density at radius 2 is 2.39 bits per heavy atom. The second-order valence-corrected chi connectivity index (χ2v) is 4.40. The number of hydrogen-bond donors (Lipinski definition) is 2. The highest BCUT2D eigenvalue weighted by atomic mass is 16.5. The van der Waals surface area contributed by atoms with E-state index in [4.69, 9.17) is 9.84 Å². The topological polar surface area (TPSA) is 84.3 Å². The molecule has 1 aliphatic carbocycles. The van der Waals surface area contributed by atoms with Gasteiger partial charge in [-0.05, 0) is 31.2 Å². The van der Waals surface area contributed by atoms with Crippen LogP contribution >= 0.6 is 0 Å². The molecular weight excluding hydrogens is 234 g/mol. The number of aromatic carboxylic acids is 1. The first-order valence-corrected chi connectivity index (χ1v) is 6.14. The van der Waals surface area contributed by atoms with Crippen LogP contribution in [0.5, 0.6) is 0 Å². The van der Waals surface area contributed by atoms with Gasteiger partial charge in [0.1, 0.15) is 5.56 Å². The zero-order valence-corrected chi connectivity index (χ0v) is 10.1. The van der Waals surface area contributed by atoms with E-state index >= 15 is 0 Å². The molecule has 2 rings (SSSR count). The molecule has 1 heterocycles. The fraction of sp³-hybridized carbons (Fsp3) is 0.583. The predicted octanol–water partition coefficient (Wildman–Crippen LogP) is 1.40. The largest absolute Gasteiger partial charge is 0.478 e. The quantitative estimate of drug-likeness (QED) is 0.679. The van der Waals surface area contributed by atoms with Crippen molar-refractivity contribution < 1.29 is 14.6 Å². The van der Waals surface area contributed by atoms with Crippen LogP contribution in [0.15, 0.2) is 12.3 Å². The summed E-state index contributed by atoms with van der Waals surface area (Å²) in [6.45, 7) is 2.17. The van der Waals surface area contributed by atoms with E-state index in [1.165, 1.54) is 25.1 Å². The van der Waals surface area contributed by atoms with Gasteiger partial charge in [0.05, 0.1) is 6.20 Å². The summed E-state index contributed by atoms with van der Waals surface area (Å²) < 4.78 is 5.48. The SMILES string of the molecule is O=C(O)c1ccnnc1NCCCOCC1CC1. The van der Waals surface area contributed by atoms with Crippen molar-refractivity contribution in [3.05, 3.63) is 17.8 Å². The normalized spacial score (nSPS) is 14.4. The summed E-state index contributed by atoms with van der Waals surface area (Å²) in [5.74, 6) is 0.0844.